The van der Waals surface area contributed by atoms with Crippen molar-refractivity contribution in [3.63, 3.8) is 0 Å². The highest BCUT2D eigenvalue weighted by molar-refractivity contribution is 6.06. The van der Waals surface area contributed by atoms with Gasteiger partial charge < -0.3 is 10.1 Å². The second-order valence-corrected chi connectivity index (χ2v) is 4.84. The Morgan fingerprint density at radius 2 is 2.09 bits per heavy atom. The fourth-order valence-corrected chi connectivity index (χ4v) is 2.01. The van der Waals surface area contributed by atoms with Crippen LogP contribution in [0.3, 0.4) is 0 Å². The number of rotatable bonds is 5. The number of methoxy groups -OCH3 is 1. The third-order valence-electron chi connectivity index (χ3n) is 3.28. The van der Waals surface area contributed by atoms with E-state index in [1.807, 2.05) is 6.92 Å². The first-order chi connectivity index (χ1) is 10.5. The Kier molecular flexibility index (Phi) is 4.59. The maximum atomic E-state index is 12.3. The van der Waals surface area contributed by atoms with Gasteiger partial charge in [-0.25, -0.2) is 4.79 Å². The Balaban J connectivity index is 2.25. The maximum absolute atomic E-state index is 12.3. The van der Waals surface area contributed by atoms with Crippen LogP contribution in [0.4, 0.5) is 5.69 Å². The Morgan fingerprint density at radius 1 is 1.36 bits per heavy atom. The smallest absolute Gasteiger partial charge is 0.360 e. The van der Waals surface area contributed by atoms with Crippen LogP contribution in [0.1, 0.15) is 40.0 Å². The topological polar surface area (TPSA) is 91.0 Å². The predicted molar refractivity (Wildman–Crippen MR) is 79.8 cm³/mol. The average Bonchev–Trinajstić information content (AvgIpc) is 3.07. The molecule has 0 aliphatic carbocycles. The first kappa shape index (κ1) is 15.7. The summed E-state index contributed by atoms with van der Waals surface area (Å²) in [5, 5.41) is 10.9. The lowest BCUT2D eigenvalue weighted by Gasteiger charge is -2.04. The molecule has 0 aromatic carbocycles. The summed E-state index contributed by atoms with van der Waals surface area (Å²) in [5.41, 5.74) is 1.35. The number of nitrogens with one attached hydrogen (secondary N) is 1. The molecule has 0 aliphatic rings. The molecular weight excluding hydrogens is 286 g/mol. The van der Waals surface area contributed by atoms with E-state index in [0.29, 0.717) is 11.4 Å². The van der Waals surface area contributed by atoms with E-state index in [2.05, 4.69) is 20.3 Å². The number of hydrogen-bond acceptors (Lipinski definition) is 5. The number of carbonyl (C=O) groups excluding carboxylic acids is 2. The predicted octanol–water partition coefficient (Wildman–Crippen LogP) is 1.37. The summed E-state index contributed by atoms with van der Waals surface area (Å²) < 4.78 is 7.89. The van der Waals surface area contributed by atoms with Gasteiger partial charge in [0.1, 0.15) is 0 Å². The zero-order valence-electron chi connectivity index (χ0n) is 13.1. The van der Waals surface area contributed by atoms with Gasteiger partial charge in [-0.3, -0.25) is 14.2 Å². The number of ether oxygens (including phenoxy) is 1. The van der Waals surface area contributed by atoms with Gasteiger partial charge in [0.25, 0.3) is 5.91 Å². The Morgan fingerprint density at radius 3 is 2.73 bits per heavy atom. The standard InChI is InChI=1S/C14H19N5O3/c1-5-7-19-8-6-10(16-19)13(20)15-11-9(2)18(3)17-12(11)14(21)22-4/h6,8H,5,7H2,1-4H3,(H,15,20). The molecule has 0 atom stereocenters. The summed E-state index contributed by atoms with van der Waals surface area (Å²) in [6.07, 6.45) is 2.67. The van der Waals surface area contributed by atoms with E-state index >= 15 is 0 Å². The number of amides is 1. The number of aryl methyl sites for hydroxylation is 2. The molecule has 0 bridgehead atoms. The zero-order valence-corrected chi connectivity index (χ0v) is 13.1. The van der Waals surface area contributed by atoms with Gasteiger partial charge in [-0.2, -0.15) is 10.2 Å². The van der Waals surface area contributed by atoms with Crippen LogP contribution in [0, 0.1) is 6.92 Å². The number of hydrogen-bond donors (Lipinski definition) is 1. The minimum atomic E-state index is -0.601. The molecule has 2 rings (SSSR count). The van der Waals surface area contributed by atoms with Crippen molar-refractivity contribution >= 4 is 17.6 Å². The SMILES string of the molecule is CCCn1ccc(C(=O)Nc2c(C(=O)OC)nn(C)c2C)n1. The second-order valence-electron chi connectivity index (χ2n) is 4.84. The van der Waals surface area contributed by atoms with E-state index in [1.165, 1.54) is 11.8 Å². The van der Waals surface area contributed by atoms with Crippen molar-refractivity contribution < 1.29 is 14.3 Å². The van der Waals surface area contributed by atoms with Crippen molar-refractivity contribution in [2.75, 3.05) is 12.4 Å². The monoisotopic (exact) mass is 305 g/mol. The molecule has 0 spiro atoms. The van der Waals surface area contributed by atoms with Crippen LogP contribution in [0.15, 0.2) is 12.3 Å². The lowest BCUT2D eigenvalue weighted by atomic mass is 10.2. The second kappa shape index (κ2) is 6.42. The molecule has 0 fully saturated rings. The molecule has 2 aromatic rings. The first-order valence-electron chi connectivity index (χ1n) is 6.94. The van der Waals surface area contributed by atoms with Gasteiger partial charge in [0.15, 0.2) is 11.4 Å². The molecule has 0 unspecified atom stereocenters. The highest BCUT2D eigenvalue weighted by atomic mass is 16.5. The van der Waals surface area contributed by atoms with Crippen LogP contribution in [0.2, 0.25) is 0 Å². The number of aromatic nitrogens is 4. The van der Waals surface area contributed by atoms with Crippen LogP contribution < -0.4 is 5.32 Å². The molecule has 2 aromatic heterocycles. The van der Waals surface area contributed by atoms with Gasteiger partial charge in [-0.1, -0.05) is 6.92 Å². The summed E-state index contributed by atoms with van der Waals surface area (Å²) in [6.45, 7) is 4.53. The van der Waals surface area contributed by atoms with Gasteiger partial charge >= 0.3 is 5.97 Å². The molecule has 1 N–H and O–H groups in total. The molecule has 1 amide bonds. The Hall–Kier alpha value is -2.64. The summed E-state index contributed by atoms with van der Waals surface area (Å²) in [5.74, 6) is -0.994. The van der Waals surface area contributed by atoms with Crippen molar-refractivity contribution in [2.24, 2.45) is 7.05 Å². The van der Waals surface area contributed by atoms with Crippen molar-refractivity contribution in [3.8, 4) is 0 Å². The molecule has 0 saturated heterocycles. The van der Waals surface area contributed by atoms with E-state index < -0.39 is 11.9 Å². The molecule has 2 heterocycles. The van der Waals surface area contributed by atoms with Crippen molar-refractivity contribution in [1.29, 1.82) is 0 Å². The van der Waals surface area contributed by atoms with Crippen molar-refractivity contribution in [3.05, 3.63) is 29.3 Å². The summed E-state index contributed by atoms with van der Waals surface area (Å²) in [4.78, 5) is 24.0. The Bertz CT molecular complexity index is 701. The summed E-state index contributed by atoms with van der Waals surface area (Å²) >= 11 is 0. The summed E-state index contributed by atoms with van der Waals surface area (Å²) in [7, 11) is 2.96. The van der Waals surface area contributed by atoms with E-state index in [4.69, 9.17) is 0 Å². The van der Waals surface area contributed by atoms with Gasteiger partial charge in [-0.15, -0.1) is 0 Å². The van der Waals surface area contributed by atoms with Crippen LogP contribution >= 0.6 is 0 Å². The Labute approximate surface area is 128 Å². The minimum Gasteiger partial charge on any atom is -0.464 e. The van der Waals surface area contributed by atoms with Gasteiger partial charge in [-0.05, 0) is 19.4 Å². The van der Waals surface area contributed by atoms with Crippen molar-refractivity contribution in [2.45, 2.75) is 26.8 Å². The summed E-state index contributed by atoms with van der Waals surface area (Å²) in [6, 6.07) is 1.63. The maximum Gasteiger partial charge on any atom is 0.360 e. The molecule has 8 nitrogen and oxygen atoms in total. The van der Waals surface area contributed by atoms with Crippen LogP contribution in [0.25, 0.3) is 0 Å². The lowest BCUT2D eigenvalue weighted by Crippen LogP contribution is -2.16. The third kappa shape index (κ3) is 3.00. The number of carbonyl (C=O) groups is 2. The molecule has 0 aliphatic heterocycles. The minimum absolute atomic E-state index is 0.0730. The largest absolute Gasteiger partial charge is 0.464 e. The highest BCUT2D eigenvalue weighted by Crippen LogP contribution is 2.21. The third-order valence-corrected chi connectivity index (χ3v) is 3.28. The molecule has 118 valence electrons. The number of nitrogens with zero attached hydrogens (tertiary/aromatic N) is 4. The number of esters is 1. The fourth-order valence-electron chi connectivity index (χ4n) is 2.01. The number of anilines is 1. The molecule has 22 heavy (non-hydrogen) atoms. The normalized spacial score (nSPS) is 10.5. The quantitative estimate of drug-likeness (QED) is 0.843. The molecular formula is C14H19N5O3. The van der Waals surface area contributed by atoms with E-state index in [-0.39, 0.29) is 11.4 Å². The molecule has 0 radical (unpaired) electrons. The fraction of sp³-hybridized carbons (Fsp3) is 0.429. The molecule has 0 saturated carbocycles. The first-order valence-corrected chi connectivity index (χ1v) is 6.94. The molecule has 8 heteroatoms. The van der Waals surface area contributed by atoms with E-state index in [0.717, 1.165) is 13.0 Å². The van der Waals surface area contributed by atoms with Crippen LogP contribution in [0.5, 0.6) is 0 Å². The lowest BCUT2D eigenvalue weighted by molar-refractivity contribution is 0.0594. The van der Waals surface area contributed by atoms with Gasteiger partial charge in [0.05, 0.1) is 18.5 Å². The highest BCUT2D eigenvalue weighted by Gasteiger charge is 2.23. The van der Waals surface area contributed by atoms with Crippen molar-refractivity contribution in [1.82, 2.24) is 19.6 Å². The van der Waals surface area contributed by atoms with E-state index in [1.54, 1.807) is 30.9 Å². The van der Waals surface area contributed by atoms with Gasteiger partial charge in [0, 0.05) is 19.8 Å². The van der Waals surface area contributed by atoms with Crippen LogP contribution in [-0.2, 0) is 18.3 Å². The zero-order chi connectivity index (χ0) is 16.3. The average molecular weight is 305 g/mol. The van der Waals surface area contributed by atoms with Crippen LogP contribution in [-0.4, -0.2) is 38.5 Å². The van der Waals surface area contributed by atoms with E-state index in [9.17, 15) is 9.59 Å². The van der Waals surface area contributed by atoms with Gasteiger partial charge in [0.2, 0.25) is 0 Å².